The average molecular weight is 332 g/mol. The monoisotopic (exact) mass is 332 g/mol. The van der Waals surface area contributed by atoms with Crippen molar-refractivity contribution >= 4 is 7.60 Å². The molecule has 0 saturated heterocycles. The van der Waals surface area contributed by atoms with Gasteiger partial charge in [0.05, 0.1) is 13.2 Å². The average Bonchev–Trinajstić information content (AvgIpc) is 2.45. The molecule has 0 fully saturated rings. The molecule has 0 radical (unpaired) electrons. The zero-order valence-corrected chi connectivity index (χ0v) is 14.0. The van der Waals surface area contributed by atoms with E-state index >= 15 is 0 Å². The maximum atomic E-state index is 12.6. The quantitative estimate of drug-likeness (QED) is 0.577. The summed E-state index contributed by atoms with van der Waals surface area (Å²) in [5, 5.41) is 0. The lowest BCUT2D eigenvalue weighted by atomic mass is 10.4. The topological polar surface area (TPSA) is 99.6 Å². The molecule has 1 aromatic rings. The molecule has 0 saturated carbocycles. The van der Waals surface area contributed by atoms with E-state index < -0.39 is 18.8 Å². The van der Waals surface area contributed by atoms with Crippen LogP contribution in [0, 0.1) is 6.92 Å². The van der Waals surface area contributed by atoms with Crippen molar-refractivity contribution in [3.63, 3.8) is 0 Å². The summed E-state index contributed by atoms with van der Waals surface area (Å²) in [6, 6.07) is 0. The van der Waals surface area contributed by atoms with Gasteiger partial charge in [0.15, 0.2) is 6.73 Å². The van der Waals surface area contributed by atoms with Crippen LogP contribution >= 0.6 is 7.60 Å². The van der Waals surface area contributed by atoms with Crippen LogP contribution in [0.1, 0.15) is 26.3 Å². The molecule has 0 aromatic carbocycles. The van der Waals surface area contributed by atoms with Gasteiger partial charge in [-0.15, -0.1) is 0 Å². The van der Waals surface area contributed by atoms with Crippen LogP contribution in [-0.2, 0) is 25.1 Å². The molecular weight excluding hydrogens is 311 g/mol. The van der Waals surface area contributed by atoms with Crippen LogP contribution in [0.25, 0.3) is 0 Å². The molecule has 0 aliphatic heterocycles. The third-order valence-electron chi connectivity index (χ3n) is 2.66. The highest BCUT2D eigenvalue weighted by Gasteiger charge is 2.31. The molecule has 8 nitrogen and oxygen atoms in total. The molecule has 1 rings (SSSR count). The van der Waals surface area contributed by atoms with Crippen molar-refractivity contribution in [2.45, 2.75) is 34.4 Å². The van der Waals surface area contributed by atoms with Crippen LogP contribution in [0.3, 0.4) is 0 Å². The van der Waals surface area contributed by atoms with Gasteiger partial charge >= 0.3 is 13.3 Å². The van der Waals surface area contributed by atoms with Crippen LogP contribution in [0.4, 0.5) is 0 Å². The highest BCUT2D eigenvalue weighted by atomic mass is 31.2. The number of aromatic amines is 1. The number of allylic oxidation sites excluding steroid dienone is 1. The molecular formula is C13H21N2O6P. The number of hydrogen-bond donors (Lipinski definition) is 1. The molecule has 22 heavy (non-hydrogen) atoms. The zero-order chi connectivity index (χ0) is 16.8. The Balaban J connectivity index is 2.97. The highest BCUT2D eigenvalue weighted by molar-refractivity contribution is 7.58. The first-order valence-corrected chi connectivity index (χ1v) is 8.41. The molecule has 0 aliphatic rings. The SMILES string of the molecule is C/C=C(\OCn1cc(C)c(=O)[nH]c1=O)P(=O)(OCC)OCC. The van der Waals surface area contributed by atoms with Crippen LogP contribution in [0.5, 0.6) is 0 Å². The Kier molecular flexibility index (Phi) is 6.80. The molecule has 0 atom stereocenters. The van der Waals surface area contributed by atoms with Gasteiger partial charge in [-0.25, -0.2) is 4.79 Å². The highest BCUT2D eigenvalue weighted by Crippen LogP contribution is 2.56. The molecule has 0 bridgehead atoms. The van der Waals surface area contributed by atoms with Gasteiger partial charge in [-0.3, -0.25) is 18.9 Å². The van der Waals surface area contributed by atoms with Crippen molar-refractivity contribution < 1.29 is 18.3 Å². The largest absolute Gasteiger partial charge is 0.464 e. The second-order valence-electron chi connectivity index (χ2n) is 4.27. The second kappa shape index (κ2) is 8.12. The Bertz CT molecular complexity index is 681. The predicted molar refractivity (Wildman–Crippen MR) is 81.8 cm³/mol. The van der Waals surface area contributed by atoms with Crippen molar-refractivity contribution in [3.8, 4) is 0 Å². The smallest absolute Gasteiger partial charge is 0.395 e. The zero-order valence-electron chi connectivity index (χ0n) is 13.1. The second-order valence-corrected chi connectivity index (χ2v) is 6.23. The number of rotatable bonds is 8. The molecule has 124 valence electrons. The third kappa shape index (κ3) is 4.43. The summed E-state index contributed by atoms with van der Waals surface area (Å²) in [4.78, 5) is 25.1. The van der Waals surface area contributed by atoms with E-state index in [1.54, 1.807) is 27.7 Å². The molecule has 1 N–H and O–H groups in total. The Hall–Kier alpha value is -1.63. The summed E-state index contributed by atoms with van der Waals surface area (Å²) in [5.41, 5.74) is -0.689. The van der Waals surface area contributed by atoms with Gasteiger partial charge < -0.3 is 13.8 Å². The van der Waals surface area contributed by atoms with E-state index in [4.69, 9.17) is 13.8 Å². The number of H-pyrrole nitrogens is 1. The van der Waals surface area contributed by atoms with Crippen molar-refractivity contribution in [2.24, 2.45) is 0 Å². The van der Waals surface area contributed by atoms with Crippen LogP contribution in [0.2, 0.25) is 0 Å². The molecule has 1 heterocycles. The van der Waals surface area contributed by atoms with Crippen LogP contribution in [0.15, 0.2) is 27.4 Å². The normalized spacial score (nSPS) is 12.5. The number of aromatic nitrogens is 2. The van der Waals surface area contributed by atoms with E-state index in [-0.39, 0.29) is 25.4 Å². The Labute approximate surface area is 128 Å². The maximum absolute atomic E-state index is 12.6. The van der Waals surface area contributed by atoms with E-state index in [2.05, 4.69) is 4.98 Å². The fraction of sp³-hybridized carbons (Fsp3) is 0.538. The summed E-state index contributed by atoms with van der Waals surface area (Å²) in [6.07, 6.45) is 2.83. The minimum absolute atomic E-state index is 0.0203. The lowest BCUT2D eigenvalue weighted by molar-refractivity contribution is 0.132. The van der Waals surface area contributed by atoms with Crippen molar-refractivity contribution in [3.05, 3.63) is 44.2 Å². The fourth-order valence-electron chi connectivity index (χ4n) is 1.68. The number of hydrogen-bond acceptors (Lipinski definition) is 6. The summed E-state index contributed by atoms with van der Waals surface area (Å²) in [7, 11) is -3.55. The Morgan fingerprint density at radius 2 is 1.91 bits per heavy atom. The number of aryl methyl sites for hydroxylation is 1. The van der Waals surface area contributed by atoms with Crippen molar-refractivity contribution in [1.82, 2.24) is 9.55 Å². The molecule has 0 amide bonds. The summed E-state index contributed by atoms with van der Waals surface area (Å²) in [5.74, 6) is 0. The maximum Gasteiger partial charge on any atom is 0.395 e. The lowest BCUT2D eigenvalue weighted by Crippen LogP contribution is -2.31. The van der Waals surface area contributed by atoms with Gasteiger partial charge in [-0.05, 0) is 33.8 Å². The summed E-state index contributed by atoms with van der Waals surface area (Å²) < 4.78 is 29.5. The molecule has 9 heteroatoms. The first-order valence-electron chi connectivity index (χ1n) is 6.87. The van der Waals surface area contributed by atoms with E-state index in [0.717, 1.165) is 4.57 Å². The Morgan fingerprint density at radius 1 is 1.32 bits per heavy atom. The fourth-order valence-corrected chi connectivity index (χ4v) is 3.22. The van der Waals surface area contributed by atoms with Crippen molar-refractivity contribution in [1.29, 1.82) is 0 Å². The van der Waals surface area contributed by atoms with Crippen molar-refractivity contribution in [2.75, 3.05) is 13.2 Å². The first kappa shape index (κ1) is 18.4. The van der Waals surface area contributed by atoms with E-state index in [0.29, 0.717) is 5.56 Å². The van der Waals surface area contributed by atoms with Crippen LogP contribution < -0.4 is 11.2 Å². The van der Waals surface area contributed by atoms with E-state index in [1.807, 2.05) is 0 Å². The summed E-state index contributed by atoms with van der Waals surface area (Å²) >= 11 is 0. The molecule has 1 aromatic heterocycles. The molecule has 0 aliphatic carbocycles. The van der Waals surface area contributed by atoms with Gasteiger partial charge in [-0.2, -0.15) is 0 Å². The number of nitrogens with one attached hydrogen (secondary N) is 1. The Morgan fingerprint density at radius 3 is 2.41 bits per heavy atom. The minimum atomic E-state index is -3.55. The van der Waals surface area contributed by atoms with Gasteiger partial charge in [0.2, 0.25) is 5.50 Å². The molecule has 0 unspecified atom stereocenters. The van der Waals surface area contributed by atoms with Gasteiger partial charge in [-0.1, -0.05) is 0 Å². The van der Waals surface area contributed by atoms with Gasteiger partial charge in [0.1, 0.15) is 0 Å². The number of ether oxygens (including phenoxy) is 1. The molecule has 0 spiro atoms. The predicted octanol–water partition coefficient (Wildman–Crippen LogP) is 1.95. The minimum Gasteiger partial charge on any atom is -0.464 e. The third-order valence-corrected chi connectivity index (χ3v) is 4.78. The first-order chi connectivity index (χ1) is 10.4. The standard InChI is InChI=1S/C13H21N2O6P/c1-5-11(22(18,20-6-2)21-7-3)19-9-15-8-10(4)12(16)14-13(15)17/h5,8H,6-7,9H2,1-4H3,(H,14,16,17)/b11-5+. The van der Waals surface area contributed by atoms with Crippen LogP contribution in [-0.4, -0.2) is 22.8 Å². The van der Waals surface area contributed by atoms with Gasteiger partial charge in [0, 0.05) is 11.8 Å². The number of nitrogens with zero attached hydrogens (tertiary/aromatic N) is 1. The van der Waals surface area contributed by atoms with E-state index in [9.17, 15) is 14.2 Å². The lowest BCUT2D eigenvalue weighted by Gasteiger charge is -2.20. The summed E-state index contributed by atoms with van der Waals surface area (Å²) in [6.45, 7) is 6.73. The van der Waals surface area contributed by atoms with E-state index in [1.165, 1.54) is 12.3 Å². The van der Waals surface area contributed by atoms with Gasteiger partial charge in [0.25, 0.3) is 5.56 Å².